The summed E-state index contributed by atoms with van der Waals surface area (Å²) in [5.74, 6) is -0.696. The largest absolute Gasteiger partial charge is 0.377 e. The molecule has 2 heterocycles. The number of ketones is 1. The average Bonchev–Trinajstić information content (AvgIpc) is 3.65. The molecule has 3 aromatic carbocycles. The van der Waals surface area contributed by atoms with Crippen LogP contribution in [0.4, 0.5) is 0 Å². The number of hydrogen-bond donors (Lipinski definition) is 2. The van der Waals surface area contributed by atoms with E-state index in [4.69, 9.17) is 9.47 Å². The molecular formula is C32H39NO5. The number of unbranched alkanes of at least 4 members (excludes halogenated alkanes) is 8. The minimum atomic E-state index is -1.44. The van der Waals surface area contributed by atoms with Crippen LogP contribution >= 0.6 is 0 Å². The Kier molecular flexibility index (Phi) is 8.12. The number of benzene rings is 3. The van der Waals surface area contributed by atoms with Crippen molar-refractivity contribution in [2.45, 2.75) is 95.2 Å². The molecule has 0 spiro atoms. The van der Waals surface area contributed by atoms with E-state index in [9.17, 15) is 14.7 Å². The van der Waals surface area contributed by atoms with Crippen molar-refractivity contribution in [2.75, 3.05) is 6.61 Å². The highest BCUT2D eigenvalue weighted by molar-refractivity contribution is 6.15. The number of morpholine rings is 1. The Morgan fingerprint density at radius 1 is 0.895 bits per heavy atom. The van der Waals surface area contributed by atoms with Crippen molar-refractivity contribution in [1.29, 1.82) is 0 Å². The number of ether oxygens (including phenoxy) is 2. The second-order valence-corrected chi connectivity index (χ2v) is 11.0. The minimum absolute atomic E-state index is 0.200. The maximum atomic E-state index is 12.5. The zero-order chi connectivity index (χ0) is 26.6. The molecule has 1 unspecified atom stereocenters. The number of epoxide rings is 1. The van der Waals surface area contributed by atoms with E-state index in [2.05, 4.69) is 59.9 Å². The normalized spacial score (nSPS) is 24.1. The van der Waals surface area contributed by atoms with Gasteiger partial charge in [-0.15, -0.1) is 0 Å². The third-order valence-corrected chi connectivity index (χ3v) is 8.07. The maximum Gasteiger partial charge on any atom is 0.265 e. The SMILES string of the molecule is CC1(O)NC(=O)[C@]2(C(=O)CCCCCCCCCCCOCc3c4ccccc4cc4ccccc34)O[C@@H]12. The lowest BCUT2D eigenvalue weighted by Gasteiger charge is -2.16. The molecule has 1 amide bonds. The van der Waals surface area contributed by atoms with Crippen molar-refractivity contribution in [2.24, 2.45) is 0 Å². The van der Waals surface area contributed by atoms with Gasteiger partial charge in [-0.25, -0.2) is 0 Å². The van der Waals surface area contributed by atoms with Crippen LogP contribution in [0, 0.1) is 0 Å². The number of nitrogens with one attached hydrogen (secondary N) is 1. The van der Waals surface area contributed by atoms with Gasteiger partial charge in [0.15, 0.2) is 17.6 Å². The number of carbonyl (C=O) groups is 2. The quantitative estimate of drug-likeness (QED) is 0.112. The molecule has 3 aromatic rings. The fourth-order valence-electron chi connectivity index (χ4n) is 5.91. The molecule has 6 heteroatoms. The second kappa shape index (κ2) is 11.5. The molecule has 0 aromatic heterocycles. The summed E-state index contributed by atoms with van der Waals surface area (Å²) in [5.41, 5.74) is -1.58. The average molecular weight is 518 g/mol. The maximum absolute atomic E-state index is 12.5. The Balaban J connectivity index is 0.911. The fourth-order valence-corrected chi connectivity index (χ4v) is 5.91. The summed E-state index contributed by atoms with van der Waals surface area (Å²) >= 11 is 0. The highest BCUT2D eigenvalue weighted by atomic mass is 16.6. The van der Waals surface area contributed by atoms with Gasteiger partial charge in [-0.2, -0.15) is 0 Å². The summed E-state index contributed by atoms with van der Waals surface area (Å²) in [5, 5.41) is 17.6. The number of rotatable bonds is 15. The molecule has 0 aliphatic carbocycles. The molecule has 2 aliphatic rings. The van der Waals surface area contributed by atoms with Crippen LogP contribution in [-0.4, -0.2) is 40.8 Å². The predicted octanol–water partition coefficient (Wildman–Crippen LogP) is 5.96. The highest BCUT2D eigenvalue weighted by Gasteiger charge is 2.78. The fraction of sp³-hybridized carbons (Fsp3) is 0.500. The van der Waals surface area contributed by atoms with Gasteiger partial charge < -0.3 is 19.9 Å². The summed E-state index contributed by atoms with van der Waals surface area (Å²) in [6.45, 7) is 2.89. The van der Waals surface area contributed by atoms with Crippen LogP contribution in [0.1, 0.15) is 76.7 Å². The van der Waals surface area contributed by atoms with Crippen LogP contribution in [0.2, 0.25) is 0 Å². The first-order chi connectivity index (χ1) is 18.4. The van der Waals surface area contributed by atoms with Gasteiger partial charge in [0.2, 0.25) is 5.60 Å². The highest BCUT2D eigenvalue weighted by Crippen LogP contribution is 2.49. The Hall–Kier alpha value is -2.80. The topological polar surface area (TPSA) is 88.2 Å². The summed E-state index contributed by atoms with van der Waals surface area (Å²) in [4.78, 5) is 24.5. The first kappa shape index (κ1) is 26.8. The Morgan fingerprint density at radius 3 is 2.00 bits per heavy atom. The number of carbonyl (C=O) groups excluding carboxylic acids is 2. The number of fused-ring (bicyclic) bond motifs is 3. The molecule has 0 radical (unpaired) electrons. The van der Waals surface area contributed by atoms with Gasteiger partial charge in [-0.1, -0.05) is 93.5 Å². The molecule has 0 saturated carbocycles. The van der Waals surface area contributed by atoms with Gasteiger partial charge >= 0.3 is 0 Å². The monoisotopic (exact) mass is 517 g/mol. The van der Waals surface area contributed by atoms with Crippen LogP contribution in [-0.2, 0) is 25.7 Å². The van der Waals surface area contributed by atoms with Crippen LogP contribution in [0.25, 0.3) is 21.5 Å². The third-order valence-electron chi connectivity index (χ3n) is 8.07. The van der Waals surface area contributed by atoms with E-state index in [1.54, 1.807) is 0 Å². The van der Waals surface area contributed by atoms with E-state index in [0.717, 1.165) is 38.7 Å². The molecule has 5 rings (SSSR count). The molecule has 202 valence electrons. The molecule has 38 heavy (non-hydrogen) atoms. The van der Waals surface area contributed by atoms with Gasteiger partial charge in [0.05, 0.1) is 6.61 Å². The predicted molar refractivity (Wildman–Crippen MR) is 149 cm³/mol. The van der Waals surface area contributed by atoms with Crippen molar-refractivity contribution >= 4 is 33.2 Å². The summed E-state index contributed by atoms with van der Waals surface area (Å²) in [6, 6.07) is 19.3. The van der Waals surface area contributed by atoms with E-state index in [1.807, 2.05) is 0 Å². The van der Waals surface area contributed by atoms with Crippen molar-refractivity contribution in [3.8, 4) is 0 Å². The van der Waals surface area contributed by atoms with E-state index in [0.29, 0.717) is 13.0 Å². The smallest absolute Gasteiger partial charge is 0.265 e. The van der Waals surface area contributed by atoms with E-state index in [-0.39, 0.29) is 5.78 Å². The van der Waals surface area contributed by atoms with Crippen LogP contribution < -0.4 is 5.32 Å². The van der Waals surface area contributed by atoms with Crippen LogP contribution in [0.5, 0.6) is 0 Å². The Labute approximate surface area is 224 Å². The number of hydrogen-bond acceptors (Lipinski definition) is 5. The van der Waals surface area contributed by atoms with E-state index >= 15 is 0 Å². The lowest BCUT2D eigenvalue weighted by Crippen LogP contribution is -2.45. The molecule has 2 saturated heterocycles. The van der Waals surface area contributed by atoms with E-state index in [1.165, 1.54) is 59.7 Å². The van der Waals surface area contributed by atoms with Crippen molar-refractivity contribution in [3.05, 3.63) is 60.2 Å². The van der Waals surface area contributed by atoms with Gasteiger partial charge in [0.1, 0.15) is 0 Å². The summed E-state index contributed by atoms with van der Waals surface area (Å²) in [6.07, 6.45) is 9.49. The number of Topliss-reactive ketones (excluding diaryl/α,β-unsaturated/α-hetero) is 1. The first-order valence-electron chi connectivity index (χ1n) is 14.2. The second-order valence-electron chi connectivity index (χ2n) is 11.0. The molecule has 2 fully saturated rings. The summed E-state index contributed by atoms with van der Waals surface area (Å²) in [7, 11) is 0. The molecule has 0 bridgehead atoms. The molecule has 6 nitrogen and oxygen atoms in total. The molecule has 3 atom stereocenters. The molecule has 2 N–H and O–H groups in total. The lowest BCUT2D eigenvalue weighted by molar-refractivity contribution is -0.138. The minimum Gasteiger partial charge on any atom is -0.377 e. The van der Waals surface area contributed by atoms with Gasteiger partial charge in [-0.3, -0.25) is 9.59 Å². The third kappa shape index (κ3) is 5.49. The van der Waals surface area contributed by atoms with E-state index < -0.39 is 23.3 Å². The zero-order valence-corrected chi connectivity index (χ0v) is 22.3. The van der Waals surface area contributed by atoms with Gasteiger partial charge in [0, 0.05) is 13.0 Å². The number of aliphatic hydroxyl groups is 1. The zero-order valence-electron chi connectivity index (χ0n) is 22.3. The summed E-state index contributed by atoms with van der Waals surface area (Å²) < 4.78 is 11.4. The molecular weight excluding hydrogens is 478 g/mol. The Morgan fingerprint density at radius 2 is 1.45 bits per heavy atom. The molecule has 2 aliphatic heterocycles. The van der Waals surface area contributed by atoms with Crippen molar-refractivity contribution < 1.29 is 24.2 Å². The Bertz CT molecular complexity index is 1250. The van der Waals surface area contributed by atoms with Gasteiger partial charge in [-0.05, 0) is 52.9 Å². The standard InChI is InChI=1S/C32H39NO5/c1-31(36)29-32(38-29,30(35)33-31)28(34)19-9-7-5-3-2-4-6-8-14-20-37-22-27-25-17-12-10-15-23(25)21-24-16-11-13-18-26(24)27/h10-13,15-18,21,29,36H,2-9,14,19-20,22H2,1H3,(H,33,35)/t29-,31?,32+/m0/s1. The van der Waals surface area contributed by atoms with Crippen LogP contribution in [0.15, 0.2) is 54.6 Å². The first-order valence-corrected chi connectivity index (χ1v) is 14.2. The number of amides is 1. The van der Waals surface area contributed by atoms with Gasteiger partial charge in [0.25, 0.3) is 5.91 Å². The van der Waals surface area contributed by atoms with Crippen LogP contribution in [0.3, 0.4) is 0 Å². The van der Waals surface area contributed by atoms with Crippen molar-refractivity contribution in [1.82, 2.24) is 5.32 Å². The lowest BCUT2D eigenvalue weighted by atomic mass is 9.94. The van der Waals surface area contributed by atoms with Crippen molar-refractivity contribution in [3.63, 3.8) is 0 Å².